The SMILES string of the molecule is CCC[C@@H](Nc1nc(Nc2cnc(OC)c(-n3ccnn3)c2)c(C(N)=O)cc1F)[C@H](C)NC(=O)OC(C)(C)C. The summed E-state index contributed by atoms with van der Waals surface area (Å²) in [6.45, 7) is 9.03. The smallest absolute Gasteiger partial charge is 0.407 e. The fourth-order valence-electron chi connectivity index (χ4n) is 3.70. The van der Waals surface area contributed by atoms with Crippen LogP contribution in [0.25, 0.3) is 5.69 Å². The van der Waals surface area contributed by atoms with E-state index in [1.807, 2.05) is 6.92 Å². The highest BCUT2D eigenvalue weighted by molar-refractivity contribution is 5.98. The zero-order valence-corrected chi connectivity index (χ0v) is 22.8. The first-order chi connectivity index (χ1) is 18.4. The van der Waals surface area contributed by atoms with Crippen LogP contribution in [0.2, 0.25) is 0 Å². The van der Waals surface area contributed by atoms with Crippen LogP contribution in [0.5, 0.6) is 5.88 Å². The van der Waals surface area contributed by atoms with Gasteiger partial charge in [-0.25, -0.2) is 23.8 Å². The molecule has 0 aliphatic rings. The Hall–Kier alpha value is -4.49. The normalized spacial score (nSPS) is 12.8. The second-order valence-electron chi connectivity index (χ2n) is 9.78. The van der Waals surface area contributed by atoms with E-state index in [4.69, 9.17) is 15.2 Å². The summed E-state index contributed by atoms with van der Waals surface area (Å²) in [4.78, 5) is 33.0. The van der Waals surface area contributed by atoms with Crippen LogP contribution in [-0.4, -0.2) is 61.8 Å². The third kappa shape index (κ3) is 7.75. The Morgan fingerprint density at radius 3 is 2.56 bits per heavy atom. The van der Waals surface area contributed by atoms with Crippen LogP contribution in [0, 0.1) is 5.82 Å². The molecule has 13 nitrogen and oxygen atoms in total. The van der Waals surface area contributed by atoms with Crippen LogP contribution < -0.4 is 26.4 Å². The molecule has 0 fully saturated rings. The molecule has 39 heavy (non-hydrogen) atoms. The third-order valence-corrected chi connectivity index (χ3v) is 5.47. The van der Waals surface area contributed by atoms with Crippen LogP contribution in [0.3, 0.4) is 0 Å². The number of pyridine rings is 2. The molecule has 0 spiro atoms. The second kappa shape index (κ2) is 12.4. The quantitative estimate of drug-likeness (QED) is 0.280. The maximum Gasteiger partial charge on any atom is 0.407 e. The zero-order chi connectivity index (χ0) is 28.7. The number of carbonyl (C=O) groups is 2. The molecular weight excluding hydrogens is 509 g/mol. The van der Waals surface area contributed by atoms with Crippen LogP contribution in [-0.2, 0) is 4.74 Å². The Morgan fingerprint density at radius 2 is 1.97 bits per heavy atom. The fraction of sp³-hybridized carbons (Fsp3) is 0.440. The minimum Gasteiger partial charge on any atom is -0.479 e. The van der Waals surface area contributed by atoms with E-state index >= 15 is 4.39 Å². The van der Waals surface area contributed by atoms with E-state index in [9.17, 15) is 9.59 Å². The summed E-state index contributed by atoms with van der Waals surface area (Å²) < 4.78 is 27.2. The first-order valence-corrected chi connectivity index (χ1v) is 12.4. The highest BCUT2D eigenvalue weighted by atomic mass is 19.1. The molecule has 3 aromatic rings. The topological polar surface area (TPSA) is 171 Å². The molecule has 0 bridgehead atoms. The predicted molar refractivity (Wildman–Crippen MR) is 143 cm³/mol. The highest BCUT2D eigenvalue weighted by Gasteiger charge is 2.25. The molecule has 0 aromatic carbocycles. The van der Waals surface area contributed by atoms with Gasteiger partial charge in [-0.1, -0.05) is 18.6 Å². The van der Waals surface area contributed by atoms with Crippen molar-refractivity contribution < 1.29 is 23.5 Å². The predicted octanol–water partition coefficient (Wildman–Crippen LogP) is 3.54. The number of ether oxygens (including phenoxy) is 2. The molecule has 0 aliphatic heterocycles. The lowest BCUT2D eigenvalue weighted by atomic mass is 10.0. The number of anilines is 3. The molecule has 5 N–H and O–H groups in total. The van der Waals surface area contributed by atoms with Crippen LogP contribution in [0.15, 0.2) is 30.7 Å². The van der Waals surface area contributed by atoms with E-state index in [0.717, 1.165) is 12.5 Å². The highest BCUT2D eigenvalue weighted by Crippen LogP contribution is 2.28. The minimum absolute atomic E-state index is 0.00547. The summed E-state index contributed by atoms with van der Waals surface area (Å²) in [5.74, 6) is -1.50. The van der Waals surface area contributed by atoms with Gasteiger partial charge in [-0.15, -0.1) is 5.10 Å². The van der Waals surface area contributed by atoms with Crippen molar-refractivity contribution in [2.45, 2.75) is 65.1 Å². The number of rotatable bonds is 11. The van der Waals surface area contributed by atoms with Gasteiger partial charge < -0.3 is 31.2 Å². The van der Waals surface area contributed by atoms with Crippen LogP contribution >= 0.6 is 0 Å². The average Bonchev–Trinajstić information content (AvgIpc) is 3.39. The molecule has 0 aliphatic carbocycles. The average molecular weight is 544 g/mol. The molecule has 210 valence electrons. The lowest BCUT2D eigenvalue weighted by Crippen LogP contribution is -2.46. The van der Waals surface area contributed by atoms with Gasteiger partial charge >= 0.3 is 6.09 Å². The largest absolute Gasteiger partial charge is 0.479 e. The zero-order valence-electron chi connectivity index (χ0n) is 22.8. The molecule has 2 amide bonds. The number of nitrogens with zero attached hydrogens (tertiary/aromatic N) is 5. The molecule has 3 rings (SSSR count). The Labute approximate surface area is 225 Å². The summed E-state index contributed by atoms with van der Waals surface area (Å²) >= 11 is 0. The lowest BCUT2D eigenvalue weighted by Gasteiger charge is -2.28. The molecule has 3 heterocycles. The van der Waals surface area contributed by atoms with Crippen molar-refractivity contribution in [1.29, 1.82) is 0 Å². The number of nitrogens with two attached hydrogens (primary N) is 1. The number of halogens is 1. The third-order valence-electron chi connectivity index (χ3n) is 5.47. The molecule has 2 atom stereocenters. The van der Waals surface area contributed by atoms with Gasteiger partial charge in [0, 0.05) is 12.1 Å². The van der Waals surface area contributed by atoms with Gasteiger partial charge in [0.05, 0.1) is 37.0 Å². The lowest BCUT2D eigenvalue weighted by molar-refractivity contribution is 0.0502. The maximum atomic E-state index is 15.1. The van der Waals surface area contributed by atoms with Crippen molar-refractivity contribution in [2.24, 2.45) is 5.73 Å². The first-order valence-electron chi connectivity index (χ1n) is 12.4. The molecular formula is C25H34FN9O4. The number of nitrogens with one attached hydrogen (secondary N) is 3. The number of hydrogen-bond acceptors (Lipinski definition) is 10. The van der Waals surface area contributed by atoms with Crippen molar-refractivity contribution in [1.82, 2.24) is 30.3 Å². The number of methoxy groups -OCH3 is 1. The van der Waals surface area contributed by atoms with E-state index in [1.165, 1.54) is 24.2 Å². The number of amides is 2. The summed E-state index contributed by atoms with van der Waals surface area (Å²) in [6.07, 6.45) is 5.29. The fourth-order valence-corrected chi connectivity index (χ4v) is 3.70. The van der Waals surface area contributed by atoms with Crippen molar-refractivity contribution in [2.75, 3.05) is 17.7 Å². The Balaban J connectivity index is 1.91. The van der Waals surface area contributed by atoms with Crippen molar-refractivity contribution in [3.63, 3.8) is 0 Å². The molecule has 0 saturated carbocycles. The Kier molecular flexibility index (Phi) is 9.22. The van der Waals surface area contributed by atoms with E-state index in [-0.39, 0.29) is 23.1 Å². The van der Waals surface area contributed by atoms with Crippen molar-refractivity contribution in [3.05, 3.63) is 42.1 Å². The molecule has 0 unspecified atom stereocenters. The number of aromatic nitrogens is 5. The van der Waals surface area contributed by atoms with Crippen molar-refractivity contribution >= 4 is 29.3 Å². The van der Waals surface area contributed by atoms with Crippen molar-refractivity contribution in [3.8, 4) is 11.6 Å². The molecule has 14 heteroatoms. The molecule has 0 radical (unpaired) electrons. The van der Waals surface area contributed by atoms with Gasteiger partial charge in [-0.3, -0.25) is 4.79 Å². The van der Waals surface area contributed by atoms with Crippen LogP contribution in [0.4, 0.5) is 26.5 Å². The Bertz CT molecular complexity index is 1300. The number of hydrogen-bond donors (Lipinski definition) is 4. The van der Waals surface area contributed by atoms with E-state index in [0.29, 0.717) is 17.8 Å². The standard InChI is InChI=1S/C25H34FN9O4/c1-7-8-18(14(2)30-24(37)39-25(3,4)5)32-22-17(26)12-16(20(27)36)21(33-22)31-15-11-19(23(38-6)28-13-15)35-10-9-29-34-35/h9-14,18H,7-8H2,1-6H3,(H2,27,36)(H,30,37)(H2,31,32,33)/t14-,18+/m0/s1. The number of primary amides is 1. The molecule has 0 saturated heterocycles. The summed E-state index contributed by atoms with van der Waals surface area (Å²) in [7, 11) is 1.46. The maximum absolute atomic E-state index is 15.1. The van der Waals surface area contributed by atoms with E-state index < -0.39 is 35.5 Å². The number of alkyl carbamates (subject to hydrolysis) is 1. The number of carbonyl (C=O) groups excluding carboxylic acids is 2. The summed E-state index contributed by atoms with van der Waals surface area (Å²) in [6, 6.07) is 1.81. The van der Waals surface area contributed by atoms with Gasteiger partial charge in [-0.2, -0.15) is 0 Å². The summed E-state index contributed by atoms with van der Waals surface area (Å²) in [5, 5.41) is 16.6. The molecule has 3 aromatic heterocycles. The monoisotopic (exact) mass is 543 g/mol. The van der Waals surface area contributed by atoms with Crippen LogP contribution in [0.1, 0.15) is 57.8 Å². The van der Waals surface area contributed by atoms with E-state index in [1.54, 1.807) is 40.0 Å². The second-order valence-corrected chi connectivity index (χ2v) is 9.78. The van der Waals surface area contributed by atoms with E-state index in [2.05, 4.69) is 36.2 Å². The Morgan fingerprint density at radius 1 is 1.23 bits per heavy atom. The first kappa shape index (κ1) is 29.1. The van der Waals surface area contributed by atoms with Gasteiger partial charge in [0.1, 0.15) is 17.1 Å². The van der Waals surface area contributed by atoms with Gasteiger partial charge in [0.15, 0.2) is 11.6 Å². The van der Waals surface area contributed by atoms with Gasteiger partial charge in [0.2, 0.25) is 5.88 Å². The van der Waals surface area contributed by atoms with Gasteiger partial charge in [0.25, 0.3) is 5.91 Å². The summed E-state index contributed by atoms with van der Waals surface area (Å²) in [5.41, 5.74) is 5.55. The minimum atomic E-state index is -0.876. The van der Waals surface area contributed by atoms with Gasteiger partial charge in [-0.05, 0) is 46.2 Å².